The maximum Gasteiger partial charge on any atom is 0.116 e. The van der Waals surface area contributed by atoms with Gasteiger partial charge in [-0.25, -0.2) is 0 Å². The third-order valence-corrected chi connectivity index (χ3v) is 2.99. The SMILES string of the molecule is C/C(NNc1ccc(Cl)c(Cl)c1)=C(/C#N)C(N)=S. The highest BCUT2D eigenvalue weighted by atomic mass is 35.5. The van der Waals surface area contributed by atoms with Crippen LogP contribution in [0.15, 0.2) is 29.5 Å². The molecule has 4 nitrogen and oxygen atoms in total. The largest absolute Gasteiger partial charge is 0.389 e. The van der Waals surface area contributed by atoms with Crippen molar-refractivity contribution in [3.63, 3.8) is 0 Å². The van der Waals surface area contributed by atoms with Gasteiger partial charge in [0.05, 0.1) is 15.7 Å². The molecular weight excluding hydrogens is 291 g/mol. The van der Waals surface area contributed by atoms with Crippen LogP contribution in [0.5, 0.6) is 0 Å². The molecule has 0 heterocycles. The van der Waals surface area contributed by atoms with Crippen LogP contribution < -0.4 is 16.6 Å². The van der Waals surface area contributed by atoms with E-state index in [1.54, 1.807) is 25.1 Å². The molecule has 0 radical (unpaired) electrons. The number of nitrogens with one attached hydrogen (secondary N) is 2. The van der Waals surface area contributed by atoms with E-state index in [2.05, 4.69) is 10.9 Å². The number of nitrogens with two attached hydrogens (primary N) is 1. The predicted octanol–water partition coefficient (Wildman–Crippen LogP) is 2.99. The Balaban J connectivity index is 2.79. The summed E-state index contributed by atoms with van der Waals surface area (Å²) in [6.45, 7) is 1.68. The molecule has 94 valence electrons. The quantitative estimate of drug-likeness (QED) is 0.345. The number of anilines is 1. The number of thiocarbonyl (C=S) groups is 1. The molecule has 1 aromatic rings. The number of hydrogen-bond acceptors (Lipinski definition) is 4. The molecule has 0 aliphatic rings. The fraction of sp³-hybridized carbons (Fsp3) is 0.0909. The second kappa shape index (κ2) is 6.45. The van der Waals surface area contributed by atoms with E-state index in [9.17, 15) is 0 Å². The van der Waals surface area contributed by atoms with Gasteiger partial charge < -0.3 is 16.6 Å². The van der Waals surface area contributed by atoms with E-state index >= 15 is 0 Å². The molecule has 7 heteroatoms. The van der Waals surface area contributed by atoms with Crippen molar-refractivity contribution >= 4 is 46.1 Å². The van der Waals surface area contributed by atoms with Gasteiger partial charge in [-0.15, -0.1) is 0 Å². The Morgan fingerprint density at radius 2 is 2.06 bits per heavy atom. The maximum absolute atomic E-state index is 8.86. The van der Waals surface area contributed by atoms with E-state index in [-0.39, 0.29) is 10.6 Å². The Kier molecular flexibility index (Phi) is 5.23. The van der Waals surface area contributed by atoms with Gasteiger partial charge in [0.25, 0.3) is 0 Å². The van der Waals surface area contributed by atoms with Gasteiger partial charge >= 0.3 is 0 Å². The van der Waals surface area contributed by atoms with E-state index in [0.29, 0.717) is 21.4 Å². The van der Waals surface area contributed by atoms with Crippen LogP contribution in [0.2, 0.25) is 10.0 Å². The van der Waals surface area contributed by atoms with Crippen LogP contribution in [0.1, 0.15) is 6.92 Å². The van der Waals surface area contributed by atoms with Gasteiger partial charge in [0, 0.05) is 5.70 Å². The van der Waals surface area contributed by atoms with E-state index in [1.165, 1.54) is 0 Å². The second-order valence-electron chi connectivity index (χ2n) is 3.35. The first-order valence-corrected chi connectivity index (χ1v) is 6.00. The summed E-state index contributed by atoms with van der Waals surface area (Å²) in [5.41, 5.74) is 12.5. The number of benzene rings is 1. The Bertz CT molecular complexity index is 548. The van der Waals surface area contributed by atoms with Gasteiger partial charge in [0.2, 0.25) is 0 Å². The Labute approximate surface area is 120 Å². The molecule has 0 aliphatic heterocycles. The van der Waals surface area contributed by atoms with Crippen molar-refractivity contribution in [1.29, 1.82) is 5.26 Å². The molecule has 0 saturated carbocycles. The number of halogens is 2. The van der Waals surface area contributed by atoms with Crippen LogP contribution in [0.25, 0.3) is 0 Å². The lowest BCUT2D eigenvalue weighted by molar-refractivity contribution is 0.955. The first-order chi connectivity index (χ1) is 8.45. The van der Waals surface area contributed by atoms with Crippen LogP contribution in [0.4, 0.5) is 5.69 Å². The third kappa shape index (κ3) is 3.77. The minimum absolute atomic E-state index is 0.0402. The topological polar surface area (TPSA) is 73.9 Å². The summed E-state index contributed by atoms with van der Waals surface area (Å²) in [6.07, 6.45) is 0. The lowest BCUT2D eigenvalue weighted by atomic mass is 10.2. The average molecular weight is 301 g/mol. The minimum atomic E-state index is 0.0402. The standard InChI is InChI=1S/C11H10Cl2N4S/c1-6(8(5-14)11(15)18)16-17-7-2-3-9(12)10(13)4-7/h2-4,16-17H,1H3,(H2,15,18)/b8-6+. The van der Waals surface area contributed by atoms with Crippen molar-refractivity contribution in [2.24, 2.45) is 5.73 Å². The molecule has 0 aliphatic carbocycles. The molecule has 0 bridgehead atoms. The van der Waals surface area contributed by atoms with Crippen LogP contribution in [-0.4, -0.2) is 4.99 Å². The lowest BCUT2D eigenvalue weighted by Gasteiger charge is -2.11. The van der Waals surface area contributed by atoms with E-state index in [0.717, 1.165) is 0 Å². The smallest absolute Gasteiger partial charge is 0.116 e. The molecule has 1 rings (SSSR count). The van der Waals surface area contributed by atoms with Gasteiger partial charge in [-0.2, -0.15) is 5.26 Å². The number of nitriles is 1. The molecular formula is C11H10Cl2N4S. The highest BCUT2D eigenvalue weighted by molar-refractivity contribution is 7.80. The fourth-order valence-corrected chi connectivity index (χ4v) is 1.62. The van der Waals surface area contributed by atoms with Gasteiger partial charge in [-0.05, 0) is 25.1 Å². The van der Waals surface area contributed by atoms with E-state index < -0.39 is 0 Å². The summed E-state index contributed by atoms with van der Waals surface area (Å²) in [5.74, 6) is 0. The molecule has 0 unspecified atom stereocenters. The number of allylic oxidation sites excluding steroid dienone is 1. The fourth-order valence-electron chi connectivity index (χ4n) is 1.13. The zero-order valence-corrected chi connectivity index (χ0v) is 11.7. The monoisotopic (exact) mass is 300 g/mol. The number of rotatable bonds is 4. The lowest BCUT2D eigenvalue weighted by Crippen LogP contribution is -2.24. The van der Waals surface area contributed by atoms with Gasteiger partial charge in [-0.3, -0.25) is 0 Å². The summed E-state index contributed by atoms with van der Waals surface area (Å²) in [5, 5.41) is 9.76. The van der Waals surface area contributed by atoms with E-state index in [1.807, 2.05) is 6.07 Å². The molecule has 18 heavy (non-hydrogen) atoms. The molecule has 1 aromatic carbocycles. The molecule has 0 saturated heterocycles. The molecule has 0 amide bonds. The first kappa shape index (κ1) is 14.6. The van der Waals surface area contributed by atoms with Crippen LogP contribution in [0.3, 0.4) is 0 Å². The Morgan fingerprint density at radius 1 is 1.39 bits per heavy atom. The average Bonchev–Trinajstić information content (AvgIpc) is 2.31. The Hall–Kier alpha value is -1.48. The number of nitrogens with zero attached hydrogens (tertiary/aromatic N) is 1. The highest BCUT2D eigenvalue weighted by Crippen LogP contribution is 2.24. The normalized spacial score (nSPS) is 11.2. The second-order valence-corrected chi connectivity index (χ2v) is 4.61. The first-order valence-electron chi connectivity index (χ1n) is 4.83. The zero-order chi connectivity index (χ0) is 13.7. The molecule has 0 atom stereocenters. The van der Waals surface area contributed by atoms with Crippen LogP contribution in [0, 0.1) is 11.3 Å². The van der Waals surface area contributed by atoms with Gasteiger partial charge in [0.1, 0.15) is 16.6 Å². The summed E-state index contributed by atoms with van der Waals surface area (Å²) in [4.78, 5) is 0.0402. The van der Waals surface area contributed by atoms with Crippen LogP contribution >= 0.6 is 35.4 Å². The van der Waals surface area contributed by atoms with E-state index in [4.69, 9.17) is 46.4 Å². The summed E-state index contributed by atoms with van der Waals surface area (Å²) in [6, 6.07) is 6.97. The van der Waals surface area contributed by atoms with Gasteiger partial charge in [0.15, 0.2) is 0 Å². The predicted molar refractivity (Wildman–Crippen MR) is 78.3 cm³/mol. The van der Waals surface area contributed by atoms with Crippen molar-refractivity contribution < 1.29 is 0 Å². The number of hydrazine groups is 1. The third-order valence-electron chi connectivity index (χ3n) is 2.05. The molecule has 0 aromatic heterocycles. The molecule has 0 fully saturated rings. The highest BCUT2D eigenvalue weighted by Gasteiger charge is 2.05. The van der Waals surface area contributed by atoms with Crippen molar-refractivity contribution in [3.8, 4) is 6.07 Å². The summed E-state index contributed by atoms with van der Waals surface area (Å²) < 4.78 is 0. The van der Waals surface area contributed by atoms with Crippen LogP contribution in [-0.2, 0) is 0 Å². The van der Waals surface area contributed by atoms with Crippen molar-refractivity contribution in [2.75, 3.05) is 5.43 Å². The summed E-state index contributed by atoms with van der Waals surface area (Å²) >= 11 is 16.4. The van der Waals surface area contributed by atoms with Gasteiger partial charge in [-0.1, -0.05) is 35.4 Å². The van der Waals surface area contributed by atoms with Crippen molar-refractivity contribution in [2.45, 2.75) is 6.92 Å². The van der Waals surface area contributed by atoms with Crippen molar-refractivity contribution in [1.82, 2.24) is 5.43 Å². The minimum Gasteiger partial charge on any atom is -0.389 e. The molecule has 0 spiro atoms. The molecule has 4 N–H and O–H groups in total. The van der Waals surface area contributed by atoms with Crippen molar-refractivity contribution in [3.05, 3.63) is 39.5 Å². The Morgan fingerprint density at radius 3 is 2.56 bits per heavy atom. The maximum atomic E-state index is 8.86. The zero-order valence-electron chi connectivity index (χ0n) is 9.42. The number of hydrogen-bond donors (Lipinski definition) is 3. The summed E-state index contributed by atoms with van der Waals surface area (Å²) in [7, 11) is 0.